The van der Waals surface area contributed by atoms with Gasteiger partial charge in [-0.1, -0.05) is 0 Å². The van der Waals surface area contributed by atoms with E-state index in [4.69, 9.17) is 0 Å². The van der Waals surface area contributed by atoms with E-state index >= 15 is 0 Å². The first-order chi connectivity index (χ1) is 3.43. The zero-order chi connectivity index (χ0) is 5.11. The monoisotopic (exact) mass is 131 g/mol. The fourth-order valence-corrected chi connectivity index (χ4v) is 0.809. The van der Waals surface area contributed by atoms with E-state index in [-0.39, 0.29) is 0 Å². The van der Waals surface area contributed by atoms with Crippen molar-refractivity contribution in [1.29, 1.82) is 0 Å². The van der Waals surface area contributed by atoms with Crippen LogP contribution in [0.1, 0.15) is 0 Å². The highest BCUT2D eigenvalue weighted by molar-refractivity contribution is 8.06. The van der Waals surface area contributed by atoms with Gasteiger partial charge in [-0.2, -0.15) is 11.8 Å². The maximum atomic E-state index is 4.37. The summed E-state index contributed by atoms with van der Waals surface area (Å²) < 4.78 is 0. The summed E-state index contributed by atoms with van der Waals surface area (Å²) in [5.74, 6) is 1.26. The van der Waals surface area contributed by atoms with E-state index in [1.807, 2.05) is 11.8 Å². The average Bonchev–Trinajstić information content (AvgIpc) is 2.42. The number of rotatable bonds is 2. The second-order valence-electron chi connectivity index (χ2n) is 1.39. The van der Waals surface area contributed by atoms with Crippen LogP contribution in [-0.2, 0) is 0 Å². The molecule has 1 heterocycles. The van der Waals surface area contributed by atoms with Crippen molar-refractivity contribution in [3.05, 3.63) is 0 Å². The van der Waals surface area contributed by atoms with E-state index in [9.17, 15) is 0 Å². The van der Waals surface area contributed by atoms with Gasteiger partial charge < -0.3 is 0 Å². The van der Waals surface area contributed by atoms with E-state index in [0.29, 0.717) is 0 Å². The molecule has 3 heteroatoms. The fraction of sp³-hybridized carbons (Fsp3) is 0.750. The van der Waals surface area contributed by atoms with E-state index in [2.05, 4.69) is 22.4 Å². The molecule has 1 nitrogen and oxygen atoms in total. The lowest BCUT2D eigenvalue weighted by atomic mass is 10.5. The molecule has 7 heavy (non-hydrogen) atoms. The van der Waals surface area contributed by atoms with Crippen LogP contribution in [0.25, 0.3) is 0 Å². The molecular formula is C4H5NS2. The van der Waals surface area contributed by atoms with E-state index < -0.39 is 0 Å². The summed E-state index contributed by atoms with van der Waals surface area (Å²) in [6.07, 6.45) is 0. The Morgan fingerprint density at radius 2 is 2.71 bits per heavy atom. The predicted molar refractivity (Wildman–Crippen MR) is 36.1 cm³/mol. The number of hydrogen-bond acceptors (Lipinski definition) is 3. The van der Waals surface area contributed by atoms with E-state index in [0.717, 1.165) is 11.8 Å². The molecule has 1 atom stereocenters. The van der Waals surface area contributed by atoms with Gasteiger partial charge in [-0.05, 0) is 12.2 Å². The molecule has 0 amide bonds. The van der Waals surface area contributed by atoms with Gasteiger partial charge >= 0.3 is 0 Å². The normalized spacial score (nSPS) is 26.0. The number of thioether (sulfide) groups is 1. The molecule has 1 unspecified atom stereocenters. The highest BCUT2D eigenvalue weighted by Crippen LogP contribution is 2.29. The molecular weight excluding hydrogens is 126 g/mol. The topological polar surface area (TPSA) is 12.4 Å². The van der Waals surface area contributed by atoms with Gasteiger partial charge in [0.05, 0.1) is 11.7 Å². The molecule has 0 N–H and O–H groups in total. The molecule has 38 valence electrons. The van der Waals surface area contributed by atoms with Crippen LogP contribution in [0, 0.1) is 0 Å². The van der Waals surface area contributed by atoms with Crippen LogP contribution < -0.4 is 0 Å². The number of nitrogens with zero attached hydrogens (tertiary/aromatic N) is 1. The SMILES string of the molecule is S=C=NCC1CS1. The lowest BCUT2D eigenvalue weighted by molar-refractivity contribution is 1.04. The Morgan fingerprint density at radius 1 is 2.00 bits per heavy atom. The minimum Gasteiger partial charge on any atom is -0.231 e. The third-order valence-electron chi connectivity index (χ3n) is 0.762. The first-order valence-electron chi connectivity index (χ1n) is 2.08. The van der Waals surface area contributed by atoms with Crippen molar-refractivity contribution < 1.29 is 0 Å². The second-order valence-corrected chi connectivity index (χ2v) is 2.90. The molecule has 0 saturated carbocycles. The fourth-order valence-electron chi connectivity index (χ4n) is 0.313. The van der Waals surface area contributed by atoms with Crippen LogP contribution in [-0.4, -0.2) is 22.7 Å². The highest BCUT2D eigenvalue weighted by Gasteiger charge is 2.20. The highest BCUT2D eigenvalue weighted by atomic mass is 32.2. The second kappa shape index (κ2) is 2.46. The molecule has 0 bridgehead atoms. The van der Waals surface area contributed by atoms with Gasteiger partial charge in [0, 0.05) is 11.0 Å². The van der Waals surface area contributed by atoms with Gasteiger partial charge in [-0.15, -0.1) is 0 Å². The Kier molecular flexibility index (Phi) is 1.86. The van der Waals surface area contributed by atoms with Crippen LogP contribution in [0.2, 0.25) is 0 Å². The van der Waals surface area contributed by atoms with Gasteiger partial charge in [0.2, 0.25) is 0 Å². The summed E-state index contributed by atoms with van der Waals surface area (Å²) in [6.45, 7) is 0.883. The number of aliphatic imine (C=N–C) groups is 1. The predicted octanol–water partition coefficient (Wildman–Crippen LogP) is 1.20. The van der Waals surface area contributed by atoms with Crippen molar-refractivity contribution in [2.75, 3.05) is 12.3 Å². The van der Waals surface area contributed by atoms with Gasteiger partial charge in [0.15, 0.2) is 0 Å². The molecule has 1 saturated heterocycles. The summed E-state index contributed by atoms with van der Waals surface area (Å²) in [5, 5.41) is 3.11. The first kappa shape index (κ1) is 5.29. The van der Waals surface area contributed by atoms with Crippen LogP contribution in [0.15, 0.2) is 4.99 Å². The van der Waals surface area contributed by atoms with Gasteiger partial charge in [-0.25, -0.2) is 4.99 Å². The molecule has 1 fully saturated rings. The smallest absolute Gasteiger partial charge is 0.0619 e. The molecule has 1 rings (SSSR count). The summed E-state index contributed by atoms with van der Waals surface area (Å²) in [6, 6.07) is 0. The van der Waals surface area contributed by atoms with Crippen molar-refractivity contribution in [2.45, 2.75) is 5.25 Å². The molecule has 0 aromatic rings. The quantitative estimate of drug-likeness (QED) is 0.317. The van der Waals surface area contributed by atoms with Crippen molar-refractivity contribution in [2.24, 2.45) is 4.99 Å². The molecule has 0 aromatic carbocycles. The zero-order valence-corrected chi connectivity index (χ0v) is 5.39. The minimum absolute atomic E-state index is 0.774. The van der Waals surface area contributed by atoms with Crippen LogP contribution >= 0.6 is 24.0 Å². The number of hydrogen-bond donors (Lipinski definition) is 0. The zero-order valence-electron chi connectivity index (χ0n) is 3.76. The summed E-state index contributed by atoms with van der Waals surface area (Å²) in [4.78, 5) is 3.78. The maximum Gasteiger partial charge on any atom is 0.0619 e. The first-order valence-corrected chi connectivity index (χ1v) is 3.54. The van der Waals surface area contributed by atoms with Crippen molar-refractivity contribution in [1.82, 2.24) is 0 Å². The van der Waals surface area contributed by atoms with Crippen molar-refractivity contribution in [3.63, 3.8) is 0 Å². The maximum absolute atomic E-state index is 4.37. The minimum atomic E-state index is 0.774. The third kappa shape index (κ3) is 2.07. The largest absolute Gasteiger partial charge is 0.231 e. The number of isothiocyanates is 1. The summed E-state index contributed by atoms with van der Waals surface area (Å²) in [7, 11) is 0. The Hall–Kier alpha value is 0.150. The molecule has 0 spiro atoms. The standard InChI is InChI=1S/C4H5NS2/c6-3-5-1-4-2-7-4/h4H,1-2H2. The van der Waals surface area contributed by atoms with Crippen molar-refractivity contribution >= 4 is 29.1 Å². The van der Waals surface area contributed by atoms with Crippen LogP contribution in [0.4, 0.5) is 0 Å². The summed E-state index contributed by atoms with van der Waals surface area (Å²) in [5.41, 5.74) is 0. The molecule has 1 aliphatic rings. The molecule has 0 radical (unpaired) electrons. The van der Waals surface area contributed by atoms with Gasteiger partial charge in [0.25, 0.3) is 0 Å². The lowest BCUT2D eigenvalue weighted by Crippen LogP contribution is -1.85. The molecule has 1 aliphatic heterocycles. The Balaban J connectivity index is 2.09. The van der Waals surface area contributed by atoms with Crippen molar-refractivity contribution in [3.8, 4) is 0 Å². The molecule has 0 aliphatic carbocycles. The Labute approximate surface area is 52.2 Å². The summed E-state index contributed by atoms with van der Waals surface area (Å²) >= 11 is 6.30. The molecule has 0 aromatic heterocycles. The third-order valence-corrected chi connectivity index (χ3v) is 1.84. The van der Waals surface area contributed by atoms with Crippen LogP contribution in [0.5, 0.6) is 0 Å². The van der Waals surface area contributed by atoms with E-state index in [1.54, 1.807) is 0 Å². The average molecular weight is 131 g/mol. The van der Waals surface area contributed by atoms with E-state index in [1.165, 1.54) is 5.75 Å². The van der Waals surface area contributed by atoms with Gasteiger partial charge in [0.1, 0.15) is 0 Å². The Morgan fingerprint density at radius 3 is 3.14 bits per heavy atom. The number of thiocarbonyl (C=S) groups is 1. The van der Waals surface area contributed by atoms with Gasteiger partial charge in [-0.3, -0.25) is 0 Å². The Bertz CT molecular complexity index is 102. The van der Waals surface area contributed by atoms with Crippen LogP contribution in [0.3, 0.4) is 0 Å². The lowest BCUT2D eigenvalue weighted by Gasteiger charge is -1.75.